The topological polar surface area (TPSA) is 12.9 Å². The Morgan fingerprint density at radius 2 is 1.44 bits per heavy atom. The fraction of sp³-hybridized carbons (Fsp3) is 0.353. The van der Waals surface area contributed by atoms with Crippen molar-refractivity contribution in [2.24, 2.45) is 0 Å². The van der Waals surface area contributed by atoms with E-state index < -0.39 is 0 Å². The molecule has 0 unspecified atom stereocenters. The van der Waals surface area contributed by atoms with Gasteiger partial charge in [-0.05, 0) is 30.5 Å². The molecule has 0 aliphatic heterocycles. The Kier molecular flexibility index (Phi) is 9.57. The van der Waals surface area contributed by atoms with Crippen molar-refractivity contribution >= 4 is 0 Å². The summed E-state index contributed by atoms with van der Waals surface area (Å²) in [6, 6.07) is 12.7. The van der Waals surface area contributed by atoms with E-state index in [0.717, 1.165) is 6.42 Å². The van der Waals surface area contributed by atoms with Crippen LogP contribution in [0.2, 0.25) is 0 Å². The van der Waals surface area contributed by atoms with Gasteiger partial charge in [0.25, 0.3) is 0 Å². The van der Waals surface area contributed by atoms with Crippen LogP contribution in [0.25, 0.3) is 0 Å². The molecule has 0 amide bonds. The van der Waals surface area contributed by atoms with Gasteiger partial charge in [0.15, 0.2) is 0 Å². The average Bonchev–Trinajstić information content (AvgIpc) is 2.47. The summed E-state index contributed by atoms with van der Waals surface area (Å²) in [6.07, 6.45) is 4.69. The molecule has 0 N–H and O–H groups in total. The second kappa shape index (κ2) is 10.5. The molecule has 1 heterocycles. The summed E-state index contributed by atoms with van der Waals surface area (Å²) < 4.78 is 0. The van der Waals surface area contributed by atoms with Gasteiger partial charge in [0.2, 0.25) is 0 Å². The van der Waals surface area contributed by atoms with Crippen molar-refractivity contribution in [3.05, 3.63) is 65.5 Å². The SMILES string of the molecule is CC.CC.Cc1ccc(Cc2cccnc2)cc1. The number of rotatable bonds is 2. The van der Waals surface area contributed by atoms with E-state index in [4.69, 9.17) is 0 Å². The van der Waals surface area contributed by atoms with E-state index in [-0.39, 0.29) is 0 Å². The molecule has 1 nitrogen and oxygen atoms in total. The Morgan fingerprint density at radius 3 is 1.94 bits per heavy atom. The minimum Gasteiger partial charge on any atom is -0.264 e. The number of pyridine rings is 1. The van der Waals surface area contributed by atoms with E-state index in [1.165, 1.54) is 16.7 Å². The van der Waals surface area contributed by atoms with Crippen LogP contribution in [0.3, 0.4) is 0 Å². The number of hydrogen-bond donors (Lipinski definition) is 0. The zero-order valence-corrected chi connectivity index (χ0v) is 12.3. The van der Waals surface area contributed by atoms with Gasteiger partial charge < -0.3 is 0 Å². The summed E-state index contributed by atoms with van der Waals surface area (Å²) in [5, 5.41) is 0. The molecule has 1 heteroatoms. The van der Waals surface area contributed by atoms with Crippen molar-refractivity contribution in [1.29, 1.82) is 0 Å². The van der Waals surface area contributed by atoms with Crippen LogP contribution in [0.5, 0.6) is 0 Å². The third-order valence-electron chi connectivity index (χ3n) is 2.25. The number of aromatic nitrogens is 1. The summed E-state index contributed by atoms with van der Waals surface area (Å²) in [5.41, 5.74) is 3.90. The standard InChI is InChI=1S/C13H13N.2C2H6/c1-11-4-6-12(7-5-11)9-13-3-2-8-14-10-13;2*1-2/h2-8,10H,9H2,1H3;2*1-2H3. The van der Waals surface area contributed by atoms with Gasteiger partial charge in [-0.2, -0.15) is 0 Å². The molecule has 1 aromatic carbocycles. The van der Waals surface area contributed by atoms with Gasteiger partial charge in [-0.25, -0.2) is 0 Å². The Balaban J connectivity index is 0.000000659. The first-order valence-electron chi connectivity index (χ1n) is 6.79. The van der Waals surface area contributed by atoms with Crippen molar-refractivity contribution in [2.45, 2.75) is 41.0 Å². The third kappa shape index (κ3) is 6.19. The van der Waals surface area contributed by atoms with Crippen LogP contribution in [0, 0.1) is 6.92 Å². The first kappa shape index (κ1) is 16.4. The summed E-state index contributed by atoms with van der Waals surface area (Å²) >= 11 is 0. The Labute approximate surface area is 112 Å². The highest BCUT2D eigenvalue weighted by atomic mass is 14.6. The van der Waals surface area contributed by atoms with Crippen molar-refractivity contribution in [3.8, 4) is 0 Å². The molecule has 0 saturated carbocycles. The van der Waals surface area contributed by atoms with Crippen molar-refractivity contribution in [3.63, 3.8) is 0 Å². The minimum absolute atomic E-state index is 0.966. The monoisotopic (exact) mass is 243 g/mol. The van der Waals surface area contributed by atoms with Crippen molar-refractivity contribution < 1.29 is 0 Å². The summed E-state index contributed by atoms with van der Waals surface area (Å²) in [6.45, 7) is 10.1. The maximum atomic E-state index is 4.10. The van der Waals surface area contributed by atoms with E-state index in [1.54, 1.807) is 6.20 Å². The second-order valence-corrected chi connectivity index (χ2v) is 3.52. The number of hydrogen-bond acceptors (Lipinski definition) is 1. The summed E-state index contributed by atoms with van der Waals surface area (Å²) in [7, 11) is 0. The van der Waals surface area contributed by atoms with E-state index >= 15 is 0 Å². The predicted octanol–water partition coefficient (Wildman–Crippen LogP) is 5.03. The average molecular weight is 243 g/mol. The minimum atomic E-state index is 0.966. The quantitative estimate of drug-likeness (QED) is 0.720. The van der Waals surface area contributed by atoms with Crippen LogP contribution >= 0.6 is 0 Å². The van der Waals surface area contributed by atoms with Gasteiger partial charge in [-0.3, -0.25) is 4.98 Å². The molecular weight excluding hydrogens is 218 g/mol. The molecule has 1 aromatic heterocycles. The Hall–Kier alpha value is -1.63. The van der Waals surface area contributed by atoms with Gasteiger partial charge >= 0.3 is 0 Å². The maximum Gasteiger partial charge on any atom is 0.0303 e. The van der Waals surface area contributed by atoms with Crippen LogP contribution in [0.1, 0.15) is 44.4 Å². The molecule has 98 valence electrons. The molecule has 0 radical (unpaired) electrons. The van der Waals surface area contributed by atoms with Crippen LogP contribution < -0.4 is 0 Å². The first-order valence-corrected chi connectivity index (χ1v) is 6.79. The van der Waals surface area contributed by atoms with Crippen LogP contribution in [-0.2, 0) is 6.42 Å². The van der Waals surface area contributed by atoms with Gasteiger partial charge in [-0.15, -0.1) is 0 Å². The lowest BCUT2D eigenvalue weighted by molar-refractivity contribution is 1.14. The molecule has 2 rings (SSSR count). The Morgan fingerprint density at radius 1 is 0.833 bits per heavy atom. The molecule has 0 aliphatic carbocycles. The maximum absolute atomic E-state index is 4.10. The van der Waals surface area contributed by atoms with Crippen molar-refractivity contribution in [1.82, 2.24) is 4.98 Å². The number of benzene rings is 1. The third-order valence-corrected chi connectivity index (χ3v) is 2.25. The molecule has 0 spiro atoms. The molecule has 0 aliphatic rings. The van der Waals surface area contributed by atoms with Gasteiger partial charge in [0, 0.05) is 12.4 Å². The van der Waals surface area contributed by atoms with Crippen LogP contribution in [0.15, 0.2) is 48.8 Å². The summed E-state index contributed by atoms with van der Waals surface area (Å²) in [4.78, 5) is 4.10. The van der Waals surface area contributed by atoms with E-state index in [1.807, 2.05) is 40.0 Å². The fourth-order valence-corrected chi connectivity index (χ4v) is 1.44. The van der Waals surface area contributed by atoms with Crippen LogP contribution in [-0.4, -0.2) is 4.98 Å². The highest BCUT2D eigenvalue weighted by molar-refractivity contribution is 5.26. The molecule has 18 heavy (non-hydrogen) atoms. The van der Waals surface area contributed by atoms with E-state index in [0.29, 0.717) is 0 Å². The molecule has 0 atom stereocenters. The van der Waals surface area contributed by atoms with E-state index in [9.17, 15) is 0 Å². The first-order chi connectivity index (χ1) is 8.84. The summed E-state index contributed by atoms with van der Waals surface area (Å²) in [5.74, 6) is 0. The smallest absolute Gasteiger partial charge is 0.0303 e. The second-order valence-electron chi connectivity index (χ2n) is 3.52. The molecule has 0 saturated heterocycles. The van der Waals surface area contributed by atoms with Gasteiger partial charge in [0.05, 0.1) is 0 Å². The molecule has 2 aromatic rings. The lowest BCUT2D eigenvalue weighted by atomic mass is 10.1. The van der Waals surface area contributed by atoms with Gasteiger partial charge in [-0.1, -0.05) is 63.6 Å². The highest BCUT2D eigenvalue weighted by Gasteiger charge is 1.94. The van der Waals surface area contributed by atoms with E-state index in [2.05, 4.69) is 42.2 Å². The number of aryl methyl sites for hydroxylation is 1. The van der Waals surface area contributed by atoms with Crippen LogP contribution in [0.4, 0.5) is 0 Å². The van der Waals surface area contributed by atoms with Gasteiger partial charge in [0.1, 0.15) is 0 Å². The molecular formula is C17H25N. The lowest BCUT2D eigenvalue weighted by Gasteiger charge is -2.01. The largest absolute Gasteiger partial charge is 0.264 e. The zero-order chi connectivity index (χ0) is 13.8. The molecule has 0 bridgehead atoms. The zero-order valence-electron chi connectivity index (χ0n) is 12.3. The normalized spacial score (nSPS) is 8.50. The lowest BCUT2D eigenvalue weighted by Crippen LogP contribution is -1.88. The fourth-order valence-electron chi connectivity index (χ4n) is 1.44. The Bertz CT molecular complexity index is 390. The molecule has 0 fully saturated rings. The predicted molar refractivity (Wildman–Crippen MR) is 80.9 cm³/mol. The van der Waals surface area contributed by atoms with Crippen molar-refractivity contribution in [2.75, 3.05) is 0 Å². The highest BCUT2D eigenvalue weighted by Crippen LogP contribution is 2.09. The number of nitrogens with zero attached hydrogens (tertiary/aromatic N) is 1.